The van der Waals surface area contributed by atoms with Crippen LogP contribution in [-0.4, -0.2) is 22.4 Å². The molecule has 0 saturated carbocycles. The Kier molecular flexibility index (Phi) is 6.06. The summed E-state index contributed by atoms with van der Waals surface area (Å²) in [5.41, 5.74) is 1.11. The van der Waals surface area contributed by atoms with Crippen LogP contribution in [0.15, 0.2) is 48.5 Å². The second kappa shape index (κ2) is 8.67. The van der Waals surface area contributed by atoms with Gasteiger partial charge in [0.25, 0.3) is 5.91 Å². The number of hydrogen-bond acceptors (Lipinski definition) is 5. The molecule has 1 amide bonds. The Morgan fingerprint density at radius 3 is 2.43 bits per heavy atom. The van der Waals surface area contributed by atoms with Gasteiger partial charge in [-0.15, -0.1) is 0 Å². The normalized spacial score (nSPS) is 10.4. The number of nitrogens with zero attached hydrogens (tertiary/aromatic N) is 2. The number of carbonyl (C=O) groups excluding carboxylic acids is 1. The minimum absolute atomic E-state index is 0.0615. The summed E-state index contributed by atoms with van der Waals surface area (Å²) >= 11 is 5.93. The molecule has 3 aromatic rings. The number of aryl methyl sites for hydroxylation is 1. The van der Waals surface area contributed by atoms with Crippen LogP contribution in [0.2, 0.25) is 5.02 Å². The van der Waals surface area contributed by atoms with Crippen LogP contribution in [-0.2, 0) is 0 Å². The van der Waals surface area contributed by atoms with E-state index in [-0.39, 0.29) is 10.6 Å². The Labute approximate surface area is 167 Å². The smallest absolute Gasteiger partial charge is 0.260 e. The van der Waals surface area contributed by atoms with E-state index in [1.807, 2.05) is 19.9 Å². The molecule has 3 rings (SSSR count). The summed E-state index contributed by atoms with van der Waals surface area (Å²) in [6.07, 6.45) is 0. The van der Waals surface area contributed by atoms with E-state index < -0.39 is 11.7 Å². The largest absolute Gasteiger partial charge is 0.370 e. The fourth-order valence-electron chi connectivity index (χ4n) is 2.60. The maximum Gasteiger partial charge on any atom is 0.260 e. The first kappa shape index (κ1) is 19.6. The van der Waals surface area contributed by atoms with Gasteiger partial charge >= 0.3 is 0 Å². The molecule has 144 valence electrons. The first-order chi connectivity index (χ1) is 13.5. The summed E-state index contributed by atoms with van der Waals surface area (Å²) in [5, 5.41) is 9.04. The molecule has 1 aromatic heterocycles. The van der Waals surface area contributed by atoms with E-state index >= 15 is 0 Å². The Balaban J connectivity index is 1.71. The van der Waals surface area contributed by atoms with Gasteiger partial charge < -0.3 is 16.0 Å². The fraction of sp³-hybridized carbons (Fsp3) is 0.150. The van der Waals surface area contributed by atoms with Crippen molar-refractivity contribution >= 4 is 40.5 Å². The summed E-state index contributed by atoms with van der Waals surface area (Å²) in [6, 6.07) is 12.9. The lowest BCUT2D eigenvalue weighted by molar-refractivity contribution is 0.102. The molecule has 3 N–H and O–H groups in total. The summed E-state index contributed by atoms with van der Waals surface area (Å²) in [5.74, 6) is 0.762. The topological polar surface area (TPSA) is 78.9 Å². The molecule has 0 fully saturated rings. The molecule has 0 aliphatic carbocycles. The lowest BCUT2D eigenvalue weighted by Gasteiger charge is -2.11. The third kappa shape index (κ3) is 4.75. The van der Waals surface area contributed by atoms with Crippen molar-refractivity contribution in [2.75, 3.05) is 22.5 Å². The average molecular weight is 400 g/mol. The zero-order chi connectivity index (χ0) is 20.1. The molecular formula is C20H19ClFN5O. The fourth-order valence-corrected chi connectivity index (χ4v) is 2.85. The summed E-state index contributed by atoms with van der Waals surface area (Å²) in [7, 11) is 0. The summed E-state index contributed by atoms with van der Waals surface area (Å²) in [4.78, 5) is 20.9. The molecule has 1 heterocycles. The Morgan fingerprint density at radius 1 is 1.07 bits per heavy atom. The molecule has 0 aliphatic rings. The molecule has 0 radical (unpaired) electrons. The lowest BCUT2D eigenvalue weighted by Crippen LogP contribution is -2.14. The van der Waals surface area contributed by atoms with Crippen molar-refractivity contribution in [2.45, 2.75) is 13.8 Å². The van der Waals surface area contributed by atoms with E-state index in [4.69, 9.17) is 11.6 Å². The van der Waals surface area contributed by atoms with Crippen LogP contribution >= 0.6 is 11.6 Å². The van der Waals surface area contributed by atoms with Gasteiger partial charge in [0, 0.05) is 24.0 Å². The first-order valence-corrected chi connectivity index (χ1v) is 9.06. The maximum absolute atomic E-state index is 13.9. The SMILES string of the molecule is CCNc1cc(Nc2ccc(NC(=O)c3c(F)cccc3Cl)cc2)nc(C)n1. The zero-order valence-electron chi connectivity index (χ0n) is 15.4. The molecule has 0 saturated heterocycles. The van der Waals surface area contributed by atoms with Crippen molar-refractivity contribution in [3.63, 3.8) is 0 Å². The van der Waals surface area contributed by atoms with E-state index in [1.165, 1.54) is 18.2 Å². The van der Waals surface area contributed by atoms with Crippen LogP contribution < -0.4 is 16.0 Å². The molecule has 0 spiro atoms. The number of aromatic nitrogens is 2. The monoisotopic (exact) mass is 399 g/mol. The molecule has 8 heteroatoms. The minimum atomic E-state index is -0.668. The van der Waals surface area contributed by atoms with Crippen molar-refractivity contribution in [1.29, 1.82) is 0 Å². The average Bonchev–Trinajstić information content (AvgIpc) is 2.63. The number of amides is 1. The second-order valence-electron chi connectivity index (χ2n) is 5.97. The highest BCUT2D eigenvalue weighted by molar-refractivity contribution is 6.34. The van der Waals surface area contributed by atoms with Crippen LogP contribution in [0.4, 0.5) is 27.4 Å². The van der Waals surface area contributed by atoms with Gasteiger partial charge in [0.15, 0.2) is 0 Å². The van der Waals surface area contributed by atoms with Crippen molar-refractivity contribution in [2.24, 2.45) is 0 Å². The van der Waals surface area contributed by atoms with Crippen LogP contribution in [0.5, 0.6) is 0 Å². The molecule has 2 aromatic carbocycles. The van der Waals surface area contributed by atoms with Crippen molar-refractivity contribution in [3.8, 4) is 0 Å². The van der Waals surface area contributed by atoms with Gasteiger partial charge in [-0.05, 0) is 50.2 Å². The predicted octanol–water partition coefficient (Wildman–Crippen LogP) is 5.01. The standard InChI is InChI=1S/C20H19ClFN5O/c1-3-23-17-11-18(25-12(2)24-17)26-13-7-9-14(10-8-13)27-20(28)19-15(21)5-4-6-16(19)22/h4-11H,3H2,1-2H3,(H,27,28)(H2,23,24,25,26). The van der Waals surface area contributed by atoms with Gasteiger partial charge in [0.05, 0.1) is 10.6 Å². The Bertz CT molecular complexity index is 974. The number of nitrogens with one attached hydrogen (secondary N) is 3. The zero-order valence-corrected chi connectivity index (χ0v) is 16.1. The highest BCUT2D eigenvalue weighted by atomic mass is 35.5. The predicted molar refractivity (Wildman–Crippen MR) is 110 cm³/mol. The molecular weight excluding hydrogens is 381 g/mol. The van der Waals surface area contributed by atoms with E-state index in [1.54, 1.807) is 24.3 Å². The number of benzene rings is 2. The lowest BCUT2D eigenvalue weighted by atomic mass is 10.2. The Hall–Kier alpha value is -3.19. The van der Waals surface area contributed by atoms with Crippen LogP contribution in [0.25, 0.3) is 0 Å². The molecule has 0 atom stereocenters. The van der Waals surface area contributed by atoms with E-state index in [0.29, 0.717) is 17.3 Å². The third-order valence-corrected chi connectivity index (χ3v) is 4.12. The van der Waals surface area contributed by atoms with Crippen molar-refractivity contribution < 1.29 is 9.18 Å². The van der Waals surface area contributed by atoms with E-state index in [9.17, 15) is 9.18 Å². The van der Waals surface area contributed by atoms with Crippen molar-refractivity contribution in [1.82, 2.24) is 9.97 Å². The van der Waals surface area contributed by atoms with Gasteiger partial charge in [-0.1, -0.05) is 17.7 Å². The maximum atomic E-state index is 13.9. The highest BCUT2D eigenvalue weighted by Gasteiger charge is 2.15. The van der Waals surface area contributed by atoms with Gasteiger partial charge in [0.1, 0.15) is 23.3 Å². The number of halogens is 2. The van der Waals surface area contributed by atoms with Gasteiger partial charge in [-0.2, -0.15) is 0 Å². The van der Waals surface area contributed by atoms with E-state index in [2.05, 4.69) is 25.9 Å². The quantitative estimate of drug-likeness (QED) is 0.543. The number of carbonyl (C=O) groups is 1. The van der Waals surface area contributed by atoms with Gasteiger partial charge in [-0.25, -0.2) is 14.4 Å². The Morgan fingerprint density at radius 2 is 1.75 bits per heavy atom. The number of hydrogen-bond donors (Lipinski definition) is 3. The number of anilines is 4. The third-order valence-electron chi connectivity index (χ3n) is 3.80. The minimum Gasteiger partial charge on any atom is -0.370 e. The van der Waals surface area contributed by atoms with Crippen LogP contribution in [0.1, 0.15) is 23.1 Å². The molecule has 28 heavy (non-hydrogen) atoms. The molecule has 6 nitrogen and oxygen atoms in total. The van der Waals surface area contributed by atoms with Gasteiger partial charge in [0.2, 0.25) is 0 Å². The van der Waals surface area contributed by atoms with Gasteiger partial charge in [-0.3, -0.25) is 4.79 Å². The molecule has 0 aliphatic heterocycles. The summed E-state index contributed by atoms with van der Waals surface area (Å²) in [6.45, 7) is 4.57. The summed E-state index contributed by atoms with van der Waals surface area (Å²) < 4.78 is 13.9. The highest BCUT2D eigenvalue weighted by Crippen LogP contribution is 2.22. The molecule has 0 unspecified atom stereocenters. The second-order valence-corrected chi connectivity index (χ2v) is 6.38. The van der Waals surface area contributed by atoms with Crippen LogP contribution in [0.3, 0.4) is 0 Å². The van der Waals surface area contributed by atoms with E-state index in [0.717, 1.165) is 18.1 Å². The van der Waals surface area contributed by atoms with Crippen LogP contribution in [0, 0.1) is 12.7 Å². The number of rotatable bonds is 6. The van der Waals surface area contributed by atoms with Crippen molar-refractivity contribution in [3.05, 3.63) is 70.8 Å². The first-order valence-electron chi connectivity index (χ1n) is 8.68. The molecule has 0 bridgehead atoms.